The van der Waals surface area contributed by atoms with E-state index < -0.39 is 0 Å². The van der Waals surface area contributed by atoms with Gasteiger partial charge in [-0.2, -0.15) is 5.10 Å². The molecule has 0 radical (unpaired) electrons. The van der Waals surface area contributed by atoms with Gasteiger partial charge in [0.2, 0.25) is 0 Å². The third-order valence-electron chi connectivity index (χ3n) is 4.21. The number of hydrogen-bond donors (Lipinski definition) is 2. The van der Waals surface area contributed by atoms with Crippen LogP contribution in [0.25, 0.3) is 11.3 Å². The number of hydrogen-bond acceptors (Lipinski definition) is 3. The Morgan fingerprint density at radius 1 is 1.04 bits per heavy atom. The second-order valence-electron chi connectivity index (χ2n) is 5.87. The molecule has 0 fully saturated rings. The number of nitrogens with zero attached hydrogens (tertiary/aromatic N) is 2. The van der Waals surface area contributed by atoms with Crippen molar-refractivity contribution in [2.75, 3.05) is 5.32 Å². The molecule has 2 N–H and O–H groups in total. The molecule has 0 saturated carbocycles. The fraction of sp³-hybridized carbons (Fsp3) is 0.100. The Kier molecular flexibility index (Phi) is 4.12. The number of anilines is 2. The largest absolute Gasteiger partial charge is 0.338 e. The number of rotatable bonds is 4. The molecule has 25 heavy (non-hydrogen) atoms. The maximum Gasteiger partial charge on any atom is 0.156 e. The number of aliphatic imine (C=N–C) groups is 1. The smallest absolute Gasteiger partial charge is 0.156 e. The first-order valence-electron chi connectivity index (χ1n) is 8.16. The number of para-hydroxylation sites is 1. The number of benzene rings is 2. The summed E-state index contributed by atoms with van der Waals surface area (Å²) in [7, 11) is 0. The van der Waals surface area contributed by atoms with Crippen LogP contribution in [-0.4, -0.2) is 16.4 Å². The quantitative estimate of drug-likeness (QED) is 0.704. The molecule has 0 spiro atoms. The minimum absolute atomic E-state index is 0.155. The molecule has 1 aliphatic rings. The zero-order chi connectivity index (χ0) is 17.1. The van der Waals surface area contributed by atoms with E-state index in [2.05, 4.69) is 26.6 Å². The molecule has 0 amide bonds. The summed E-state index contributed by atoms with van der Waals surface area (Å²) in [6, 6.07) is 16.4. The van der Waals surface area contributed by atoms with E-state index in [1.54, 1.807) is 12.1 Å². The molecular formula is C20H17FN4. The molecule has 1 aromatic heterocycles. The molecule has 0 bridgehead atoms. The van der Waals surface area contributed by atoms with Crippen LogP contribution in [0.2, 0.25) is 0 Å². The Morgan fingerprint density at radius 3 is 2.56 bits per heavy atom. The zero-order valence-electron chi connectivity index (χ0n) is 13.5. The van der Waals surface area contributed by atoms with Gasteiger partial charge in [-0.1, -0.05) is 24.3 Å². The maximum absolute atomic E-state index is 13.3. The van der Waals surface area contributed by atoms with Crippen molar-refractivity contribution in [1.29, 1.82) is 0 Å². The predicted octanol–water partition coefficient (Wildman–Crippen LogP) is 5.03. The molecular weight excluding hydrogens is 315 g/mol. The average molecular weight is 332 g/mol. The van der Waals surface area contributed by atoms with Gasteiger partial charge in [0.05, 0.1) is 5.69 Å². The lowest BCUT2D eigenvalue weighted by Crippen LogP contribution is -2.03. The molecule has 1 atom stereocenters. The molecule has 4 nitrogen and oxygen atoms in total. The molecule has 3 aromatic rings. The Labute approximate surface area is 145 Å². The van der Waals surface area contributed by atoms with Crippen molar-refractivity contribution in [2.45, 2.75) is 12.3 Å². The van der Waals surface area contributed by atoms with E-state index >= 15 is 0 Å². The van der Waals surface area contributed by atoms with Crippen molar-refractivity contribution >= 4 is 17.7 Å². The summed E-state index contributed by atoms with van der Waals surface area (Å²) in [6.45, 7) is 0. The molecule has 0 saturated heterocycles. The van der Waals surface area contributed by atoms with Gasteiger partial charge < -0.3 is 5.32 Å². The summed E-state index contributed by atoms with van der Waals surface area (Å²) in [5, 5.41) is 11.0. The maximum atomic E-state index is 13.3. The topological polar surface area (TPSA) is 53.1 Å². The van der Waals surface area contributed by atoms with Gasteiger partial charge in [0.15, 0.2) is 5.82 Å². The second-order valence-corrected chi connectivity index (χ2v) is 5.87. The van der Waals surface area contributed by atoms with Gasteiger partial charge in [-0.3, -0.25) is 10.1 Å². The van der Waals surface area contributed by atoms with Crippen molar-refractivity contribution < 1.29 is 4.39 Å². The van der Waals surface area contributed by atoms with Gasteiger partial charge in [-0.25, -0.2) is 4.39 Å². The summed E-state index contributed by atoms with van der Waals surface area (Å²) in [4.78, 5) is 4.16. The highest BCUT2D eigenvalue weighted by molar-refractivity contribution is 5.75. The van der Waals surface area contributed by atoms with E-state index in [1.165, 1.54) is 12.1 Å². The van der Waals surface area contributed by atoms with E-state index in [0.717, 1.165) is 34.7 Å². The number of aromatic amines is 1. The summed E-state index contributed by atoms with van der Waals surface area (Å²) in [6.07, 6.45) is 6.57. The summed E-state index contributed by atoms with van der Waals surface area (Å²) >= 11 is 0. The fourth-order valence-corrected chi connectivity index (χ4v) is 2.98. The van der Waals surface area contributed by atoms with Crippen LogP contribution in [0.15, 0.2) is 71.9 Å². The van der Waals surface area contributed by atoms with Gasteiger partial charge in [0, 0.05) is 35.1 Å². The van der Waals surface area contributed by atoms with Gasteiger partial charge in [-0.15, -0.1) is 0 Å². The number of halogens is 1. The van der Waals surface area contributed by atoms with Gasteiger partial charge >= 0.3 is 0 Å². The average Bonchev–Trinajstić information content (AvgIpc) is 3.07. The highest BCUT2D eigenvalue weighted by Crippen LogP contribution is 2.37. The van der Waals surface area contributed by atoms with Crippen LogP contribution in [0.1, 0.15) is 17.9 Å². The van der Waals surface area contributed by atoms with Crippen molar-refractivity contribution in [3.05, 3.63) is 78.3 Å². The molecule has 124 valence electrons. The Hall–Kier alpha value is -3.21. The van der Waals surface area contributed by atoms with E-state index in [9.17, 15) is 4.39 Å². The summed E-state index contributed by atoms with van der Waals surface area (Å²) in [5.74, 6) is 0.676. The third kappa shape index (κ3) is 3.21. The monoisotopic (exact) mass is 332 g/mol. The summed E-state index contributed by atoms with van der Waals surface area (Å²) < 4.78 is 13.3. The molecule has 2 heterocycles. The van der Waals surface area contributed by atoms with Crippen molar-refractivity contribution in [3.8, 4) is 11.3 Å². The van der Waals surface area contributed by atoms with Gasteiger partial charge in [-0.05, 0) is 42.8 Å². The standard InChI is InChI=1S/C20H17FN4/c21-16-8-6-15(7-9-16)19-18(14-10-12-22-13-11-14)20(25-24-19)23-17-4-2-1-3-5-17/h1-10,12-14H,11H2,(H2,23,24,25). The molecule has 0 aliphatic carbocycles. The minimum atomic E-state index is -0.253. The minimum Gasteiger partial charge on any atom is -0.338 e. The van der Waals surface area contributed by atoms with Crippen LogP contribution in [-0.2, 0) is 0 Å². The molecule has 5 heteroatoms. The lowest BCUT2D eigenvalue weighted by molar-refractivity contribution is 0.628. The summed E-state index contributed by atoms with van der Waals surface area (Å²) in [5.41, 5.74) is 3.82. The van der Waals surface area contributed by atoms with E-state index in [0.29, 0.717) is 0 Å². The van der Waals surface area contributed by atoms with Crippen LogP contribution >= 0.6 is 0 Å². The third-order valence-corrected chi connectivity index (χ3v) is 4.21. The van der Waals surface area contributed by atoms with Gasteiger partial charge in [0.1, 0.15) is 5.82 Å². The van der Waals surface area contributed by atoms with Crippen LogP contribution in [0.5, 0.6) is 0 Å². The number of H-pyrrole nitrogens is 1. The van der Waals surface area contributed by atoms with Crippen LogP contribution in [0, 0.1) is 5.82 Å². The van der Waals surface area contributed by atoms with Crippen molar-refractivity contribution in [3.63, 3.8) is 0 Å². The van der Waals surface area contributed by atoms with Gasteiger partial charge in [0.25, 0.3) is 0 Å². The normalized spacial score (nSPS) is 16.1. The van der Waals surface area contributed by atoms with Crippen molar-refractivity contribution in [2.24, 2.45) is 4.99 Å². The number of allylic oxidation sites excluding steroid dienone is 1. The van der Waals surface area contributed by atoms with E-state index in [-0.39, 0.29) is 11.7 Å². The number of nitrogens with one attached hydrogen (secondary N) is 2. The molecule has 2 aromatic carbocycles. The van der Waals surface area contributed by atoms with Crippen molar-refractivity contribution in [1.82, 2.24) is 10.2 Å². The van der Waals surface area contributed by atoms with Crippen LogP contribution in [0.3, 0.4) is 0 Å². The molecule has 1 unspecified atom stereocenters. The Balaban J connectivity index is 1.77. The number of aromatic nitrogens is 2. The second kappa shape index (κ2) is 6.73. The SMILES string of the molecule is Fc1ccc(-c2[nH]nc(Nc3ccccc3)c2C2C=CN=CC2)cc1. The highest BCUT2D eigenvalue weighted by atomic mass is 19.1. The van der Waals surface area contributed by atoms with Crippen LogP contribution < -0.4 is 5.32 Å². The first kappa shape index (κ1) is 15.3. The van der Waals surface area contributed by atoms with Crippen LogP contribution in [0.4, 0.5) is 15.9 Å². The van der Waals surface area contributed by atoms with E-state index in [4.69, 9.17) is 0 Å². The van der Waals surface area contributed by atoms with E-state index in [1.807, 2.05) is 42.7 Å². The molecule has 4 rings (SSSR count). The molecule has 1 aliphatic heterocycles. The zero-order valence-corrected chi connectivity index (χ0v) is 13.5. The fourth-order valence-electron chi connectivity index (χ4n) is 2.98. The lowest BCUT2D eigenvalue weighted by Gasteiger charge is -2.16. The Bertz CT molecular complexity index is 911. The first-order valence-corrected chi connectivity index (χ1v) is 8.16. The predicted molar refractivity (Wildman–Crippen MR) is 98.7 cm³/mol. The lowest BCUT2D eigenvalue weighted by atomic mass is 9.92. The Morgan fingerprint density at radius 2 is 1.84 bits per heavy atom. The first-order chi connectivity index (χ1) is 12.3. The highest BCUT2D eigenvalue weighted by Gasteiger charge is 2.22.